The maximum atomic E-state index is 10.7. The van der Waals surface area contributed by atoms with Crippen molar-refractivity contribution in [2.75, 3.05) is 12.4 Å². The number of hydrogen-bond acceptors (Lipinski definition) is 3. The molecule has 0 radical (unpaired) electrons. The van der Waals surface area contributed by atoms with Crippen LogP contribution in [0.5, 0.6) is 5.75 Å². The highest BCUT2D eigenvalue weighted by Crippen LogP contribution is 2.31. The van der Waals surface area contributed by atoms with Crippen LogP contribution < -0.4 is 4.74 Å². The minimum Gasteiger partial charge on any atom is -0.482 e. The molecule has 0 fully saturated rings. The first-order valence-corrected chi connectivity index (χ1v) is 13.1. The normalized spacial score (nSPS) is 10.5. The Balaban J connectivity index is 1.80. The van der Waals surface area contributed by atoms with E-state index < -0.39 is 5.97 Å². The van der Waals surface area contributed by atoms with Crippen molar-refractivity contribution in [3.63, 3.8) is 0 Å². The second-order valence-corrected chi connectivity index (χ2v) is 10.9. The zero-order chi connectivity index (χ0) is 21.5. The molecule has 0 aliphatic heterocycles. The highest BCUT2D eigenvalue weighted by Gasteiger charge is 2.08. The topological polar surface area (TPSA) is 46.5 Å². The summed E-state index contributed by atoms with van der Waals surface area (Å²) in [7, 11) is 0. The fourth-order valence-corrected chi connectivity index (χ4v) is 5.59. The van der Waals surface area contributed by atoms with Gasteiger partial charge in [-0.15, -0.1) is 11.8 Å². The summed E-state index contributed by atoms with van der Waals surface area (Å²) in [5.74, 6) is 0.407. The average molecular weight is 754 g/mol. The van der Waals surface area contributed by atoms with Gasteiger partial charge in [0, 0.05) is 21.4 Å². The van der Waals surface area contributed by atoms with Crippen molar-refractivity contribution in [1.82, 2.24) is 0 Å². The predicted octanol–water partition coefficient (Wildman–Crippen LogP) is 7.19. The number of carboxylic acid groups (broad SMARTS) is 1. The van der Waals surface area contributed by atoms with Gasteiger partial charge in [0.15, 0.2) is 6.61 Å². The number of halogens is 3. The quantitative estimate of drug-likeness (QED) is 0.196. The van der Waals surface area contributed by atoms with Crippen LogP contribution >= 0.6 is 79.5 Å². The summed E-state index contributed by atoms with van der Waals surface area (Å²) in [6.45, 7) is -0.333. The lowest BCUT2D eigenvalue weighted by Gasteiger charge is -2.11. The number of carboxylic acids is 1. The minimum absolute atomic E-state index is 0.333. The summed E-state index contributed by atoms with van der Waals surface area (Å²) in [6, 6.07) is 22.7. The Morgan fingerprint density at radius 2 is 1.57 bits per heavy atom. The zero-order valence-electron chi connectivity index (χ0n) is 15.6. The lowest BCUT2D eigenvalue weighted by Crippen LogP contribution is -2.09. The maximum absolute atomic E-state index is 10.7. The monoisotopic (exact) mass is 754 g/mol. The molecule has 0 bridgehead atoms. The van der Waals surface area contributed by atoms with Crippen molar-refractivity contribution in [2.45, 2.75) is 4.90 Å². The van der Waals surface area contributed by atoms with E-state index in [1.807, 2.05) is 18.2 Å². The van der Waals surface area contributed by atoms with Gasteiger partial charge in [-0.25, -0.2) is 4.79 Å². The molecule has 3 aromatic rings. The third kappa shape index (κ3) is 7.13. The molecule has 0 atom stereocenters. The molecule has 3 nitrogen and oxygen atoms in total. The zero-order valence-corrected chi connectivity index (χ0v) is 22.9. The van der Waals surface area contributed by atoms with Crippen LogP contribution in [0.15, 0.2) is 77.7 Å². The Morgan fingerprint density at radius 1 is 0.933 bits per heavy atom. The lowest BCUT2D eigenvalue weighted by atomic mass is 9.98. The van der Waals surface area contributed by atoms with Crippen LogP contribution in [0, 0.1) is 10.7 Å². The van der Waals surface area contributed by atoms with Crippen molar-refractivity contribution >= 4 is 91.1 Å². The summed E-state index contributed by atoms with van der Waals surface area (Å²) < 4.78 is 8.72. The van der Waals surface area contributed by atoms with E-state index in [4.69, 9.17) is 9.84 Å². The molecule has 0 aromatic heterocycles. The second kappa shape index (κ2) is 11.7. The molecular formula is C23H17I3O3S. The van der Waals surface area contributed by atoms with E-state index in [1.165, 1.54) is 23.8 Å². The highest BCUT2D eigenvalue weighted by molar-refractivity contribution is 14.1. The van der Waals surface area contributed by atoms with Gasteiger partial charge in [0.2, 0.25) is 0 Å². The Morgan fingerprint density at radius 3 is 2.10 bits per heavy atom. The minimum atomic E-state index is -0.979. The van der Waals surface area contributed by atoms with Crippen LogP contribution in [0.25, 0.3) is 5.57 Å². The van der Waals surface area contributed by atoms with Crippen molar-refractivity contribution in [1.29, 1.82) is 0 Å². The Hall–Kier alpha value is -0.790. The van der Waals surface area contributed by atoms with E-state index in [0.717, 1.165) is 14.2 Å². The number of carbonyl (C=O) groups is 1. The Kier molecular flexibility index (Phi) is 9.33. The first kappa shape index (κ1) is 23.9. The van der Waals surface area contributed by atoms with Crippen molar-refractivity contribution in [3.8, 4) is 5.75 Å². The van der Waals surface area contributed by atoms with E-state index in [2.05, 4.69) is 122 Å². The number of thioether (sulfide) groups is 1. The molecule has 0 amide bonds. The van der Waals surface area contributed by atoms with Crippen molar-refractivity contribution < 1.29 is 14.6 Å². The molecule has 0 spiro atoms. The molecule has 0 heterocycles. The number of ether oxygens (including phenoxy) is 1. The van der Waals surface area contributed by atoms with Gasteiger partial charge in [-0.05, 0) is 127 Å². The molecule has 0 unspecified atom stereocenters. The number of rotatable bonds is 8. The average Bonchev–Trinajstić information content (AvgIpc) is 2.71. The third-order valence-corrected chi connectivity index (χ3v) is 7.66. The van der Waals surface area contributed by atoms with Gasteiger partial charge in [0.25, 0.3) is 0 Å². The maximum Gasteiger partial charge on any atom is 0.341 e. The van der Waals surface area contributed by atoms with E-state index in [0.29, 0.717) is 5.75 Å². The van der Waals surface area contributed by atoms with E-state index in [-0.39, 0.29) is 6.61 Å². The fourth-order valence-electron chi connectivity index (χ4n) is 2.76. The Labute approximate surface area is 221 Å². The molecule has 0 aliphatic rings. The van der Waals surface area contributed by atoms with E-state index in [1.54, 1.807) is 11.8 Å². The molecule has 3 aromatic carbocycles. The molecule has 0 saturated carbocycles. The predicted molar refractivity (Wildman–Crippen MR) is 148 cm³/mol. The summed E-state index contributed by atoms with van der Waals surface area (Å²) >= 11 is 8.70. The Bertz CT molecular complexity index is 1040. The number of benzene rings is 3. The van der Waals surface area contributed by atoms with Gasteiger partial charge in [0.05, 0.1) is 0 Å². The largest absolute Gasteiger partial charge is 0.482 e. The lowest BCUT2D eigenvalue weighted by molar-refractivity contribution is -0.139. The second-order valence-electron chi connectivity index (χ2n) is 6.22. The van der Waals surface area contributed by atoms with Gasteiger partial charge in [-0.2, -0.15) is 0 Å². The molecule has 1 N–H and O–H groups in total. The molecule has 30 heavy (non-hydrogen) atoms. The van der Waals surface area contributed by atoms with Crippen LogP contribution in [0.4, 0.5) is 0 Å². The number of aliphatic carboxylic acids is 1. The highest BCUT2D eigenvalue weighted by atomic mass is 127. The molecular weight excluding hydrogens is 737 g/mol. The van der Waals surface area contributed by atoms with Gasteiger partial charge in [-0.3, -0.25) is 0 Å². The van der Waals surface area contributed by atoms with Crippen LogP contribution in [0.2, 0.25) is 0 Å². The summed E-state index contributed by atoms with van der Waals surface area (Å²) in [5.41, 5.74) is 3.63. The van der Waals surface area contributed by atoms with E-state index >= 15 is 0 Å². The van der Waals surface area contributed by atoms with Gasteiger partial charge < -0.3 is 9.84 Å². The molecule has 3 rings (SSSR count). The van der Waals surface area contributed by atoms with Crippen LogP contribution in [0.3, 0.4) is 0 Å². The molecule has 0 aliphatic carbocycles. The summed E-state index contributed by atoms with van der Waals surface area (Å²) in [5, 5.41) is 8.75. The van der Waals surface area contributed by atoms with E-state index in [9.17, 15) is 4.79 Å². The first-order chi connectivity index (χ1) is 14.4. The van der Waals surface area contributed by atoms with Crippen LogP contribution in [-0.2, 0) is 4.79 Å². The fraction of sp³-hybridized carbons (Fsp3) is 0.0870. The van der Waals surface area contributed by atoms with Gasteiger partial charge in [0.1, 0.15) is 5.75 Å². The third-order valence-electron chi connectivity index (χ3n) is 4.06. The van der Waals surface area contributed by atoms with Gasteiger partial charge in [-0.1, -0.05) is 30.3 Å². The number of hydrogen-bond donors (Lipinski definition) is 1. The summed E-state index contributed by atoms with van der Waals surface area (Å²) in [4.78, 5) is 11.8. The van der Waals surface area contributed by atoms with Crippen LogP contribution in [0.1, 0.15) is 11.1 Å². The smallest absolute Gasteiger partial charge is 0.341 e. The molecule has 7 heteroatoms. The van der Waals surface area contributed by atoms with Gasteiger partial charge >= 0.3 is 5.97 Å². The standard InChI is InChI=1S/C23H17I3O3S/c24-17-5-1-3-15(11-17)20(16-4-2-6-18(25)12-16)9-10-30-22-8-7-19(13-21(22)26)29-14-23(27)28/h1-9,11-13H,10,14H2,(H,27,28). The molecule has 154 valence electrons. The summed E-state index contributed by atoms with van der Waals surface area (Å²) in [6.07, 6.45) is 2.27. The van der Waals surface area contributed by atoms with Crippen molar-refractivity contribution in [3.05, 3.63) is 94.6 Å². The van der Waals surface area contributed by atoms with Crippen molar-refractivity contribution in [2.24, 2.45) is 0 Å². The molecule has 0 saturated heterocycles. The SMILES string of the molecule is O=C(O)COc1ccc(SCC=C(c2cccc(I)c2)c2cccc(I)c2)c(I)c1. The first-order valence-electron chi connectivity index (χ1n) is 8.91. The van der Waals surface area contributed by atoms with Crippen LogP contribution in [-0.4, -0.2) is 23.4 Å².